The van der Waals surface area contributed by atoms with Gasteiger partial charge in [-0.15, -0.1) is 0 Å². The highest BCUT2D eigenvalue weighted by atomic mass is 16.4. The van der Waals surface area contributed by atoms with Crippen molar-refractivity contribution < 1.29 is 14.3 Å². The van der Waals surface area contributed by atoms with Crippen LogP contribution in [0.1, 0.15) is 5.56 Å². The molecule has 8 nitrogen and oxygen atoms in total. The zero-order chi connectivity index (χ0) is 19.0. The van der Waals surface area contributed by atoms with Gasteiger partial charge in [0.1, 0.15) is 6.79 Å². The predicted octanol–water partition coefficient (Wildman–Crippen LogP) is 2.03. The Morgan fingerprint density at radius 2 is 1.83 bits per heavy atom. The monoisotopic (exact) mass is 337 g/mol. The first-order valence-corrected chi connectivity index (χ1v) is 6.94. The highest BCUT2D eigenvalue weighted by Gasteiger charge is 2.04. The zero-order valence-electron chi connectivity index (χ0n) is 14.9. The molecule has 24 heavy (non-hydrogen) atoms. The average molecular weight is 337 g/mol. The number of aryl methyl sites for hydroxylation is 2. The molecule has 134 valence electrons. The van der Waals surface area contributed by atoms with Gasteiger partial charge in [-0.2, -0.15) is 0 Å². The molecule has 0 aliphatic rings. The summed E-state index contributed by atoms with van der Waals surface area (Å²) < 4.78 is 6.02. The molecule has 0 radical (unpaired) electrons. The quantitative estimate of drug-likeness (QED) is 0.776. The first-order chi connectivity index (χ1) is 11.5. The van der Waals surface area contributed by atoms with Gasteiger partial charge >= 0.3 is 6.03 Å². The number of aromatic nitrogens is 2. The van der Waals surface area contributed by atoms with Crippen LogP contribution < -0.4 is 16.4 Å². The summed E-state index contributed by atoms with van der Waals surface area (Å²) >= 11 is 0. The highest BCUT2D eigenvalue weighted by Crippen LogP contribution is 2.10. The maximum absolute atomic E-state index is 11.6. The lowest BCUT2D eigenvalue weighted by Crippen LogP contribution is -2.19. The molecular weight excluding hydrogens is 310 g/mol. The number of nitrogens with zero attached hydrogens (tertiary/aromatic N) is 2. The zero-order valence-corrected chi connectivity index (χ0v) is 14.9. The topological polar surface area (TPSA) is 111 Å². The third-order valence-electron chi connectivity index (χ3n) is 2.22. The minimum atomic E-state index is -0.297. The van der Waals surface area contributed by atoms with Crippen molar-refractivity contribution >= 4 is 24.3 Å². The molecule has 0 fully saturated rings. The normalized spacial score (nSPS) is 8.25. The summed E-state index contributed by atoms with van der Waals surface area (Å²) in [5.41, 5.74) is 6.36. The van der Waals surface area contributed by atoms with Crippen LogP contribution in [0.4, 0.5) is 16.3 Å². The fourth-order valence-corrected chi connectivity index (χ4v) is 1.48. The Hall–Kier alpha value is -2.71. The molecule has 0 saturated carbocycles. The lowest BCUT2D eigenvalue weighted by molar-refractivity contribution is -0.0979. The molecule has 0 aliphatic carbocycles. The van der Waals surface area contributed by atoms with E-state index in [1.807, 2.05) is 45.0 Å². The van der Waals surface area contributed by atoms with E-state index < -0.39 is 0 Å². The van der Waals surface area contributed by atoms with Crippen molar-refractivity contribution in [3.05, 3.63) is 42.4 Å². The molecular formula is C16H27N5O3. The maximum atomic E-state index is 11.6. The number of carbonyl (C=O) groups excluding carboxylic acids is 2. The number of urea groups is 1. The number of nitrogens with one attached hydrogen (secondary N) is 2. The van der Waals surface area contributed by atoms with Crippen LogP contribution in [0, 0.1) is 6.92 Å². The SMILES string of the molecule is C=O.CN.COC.Cc1cccc(NC(=O)Nc2cn(C)cn2)c1. The van der Waals surface area contributed by atoms with Gasteiger partial charge in [0.25, 0.3) is 0 Å². The van der Waals surface area contributed by atoms with Crippen LogP contribution in [-0.4, -0.2) is 43.6 Å². The third kappa shape index (κ3) is 10.9. The number of nitrogens with two attached hydrogens (primary N) is 1. The molecule has 0 aliphatic heterocycles. The number of ether oxygens (including phenoxy) is 1. The number of imidazole rings is 1. The van der Waals surface area contributed by atoms with E-state index in [2.05, 4.69) is 26.1 Å². The Morgan fingerprint density at radius 1 is 1.25 bits per heavy atom. The summed E-state index contributed by atoms with van der Waals surface area (Å²) in [6.07, 6.45) is 3.36. The number of hydrogen-bond acceptors (Lipinski definition) is 5. The van der Waals surface area contributed by atoms with Crippen molar-refractivity contribution in [1.82, 2.24) is 9.55 Å². The summed E-state index contributed by atoms with van der Waals surface area (Å²) in [5.74, 6) is 0.526. The second-order valence-electron chi connectivity index (χ2n) is 4.28. The van der Waals surface area contributed by atoms with Crippen molar-refractivity contribution in [1.29, 1.82) is 0 Å². The van der Waals surface area contributed by atoms with Gasteiger partial charge in [0.05, 0.1) is 6.33 Å². The number of carbonyl (C=O) groups is 2. The second kappa shape index (κ2) is 15.2. The van der Waals surface area contributed by atoms with Gasteiger partial charge in [-0.25, -0.2) is 9.78 Å². The number of hydrogen-bond donors (Lipinski definition) is 3. The summed E-state index contributed by atoms with van der Waals surface area (Å²) in [7, 11) is 6.59. The van der Waals surface area contributed by atoms with Crippen LogP contribution >= 0.6 is 0 Å². The van der Waals surface area contributed by atoms with E-state index in [0.717, 1.165) is 11.3 Å². The average Bonchev–Trinajstić information content (AvgIpc) is 2.97. The van der Waals surface area contributed by atoms with Crippen molar-refractivity contribution in [2.75, 3.05) is 31.9 Å². The molecule has 0 atom stereocenters. The van der Waals surface area contributed by atoms with E-state index in [0.29, 0.717) is 5.82 Å². The number of methoxy groups -OCH3 is 1. The molecule has 8 heteroatoms. The molecule has 2 rings (SSSR count). The van der Waals surface area contributed by atoms with Crippen molar-refractivity contribution in [2.24, 2.45) is 12.8 Å². The van der Waals surface area contributed by atoms with Gasteiger partial charge < -0.3 is 25.1 Å². The Labute approximate surface area is 143 Å². The minimum absolute atomic E-state index is 0.297. The molecule has 4 N–H and O–H groups in total. The van der Waals surface area contributed by atoms with Crippen molar-refractivity contribution in [3.63, 3.8) is 0 Å². The Balaban J connectivity index is 0. The van der Waals surface area contributed by atoms with Gasteiger partial charge in [0.2, 0.25) is 0 Å². The predicted molar refractivity (Wildman–Crippen MR) is 97.2 cm³/mol. The van der Waals surface area contributed by atoms with E-state index in [-0.39, 0.29) is 6.03 Å². The van der Waals surface area contributed by atoms with Gasteiger partial charge in [-0.05, 0) is 31.7 Å². The summed E-state index contributed by atoms with van der Waals surface area (Å²) in [6, 6.07) is 7.31. The molecule has 1 aromatic carbocycles. The van der Waals surface area contributed by atoms with Gasteiger partial charge in [0.15, 0.2) is 5.82 Å². The first-order valence-electron chi connectivity index (χ1n) is 6.94. The summed E-state index contributed by atoms with van der Waals surface area (Å²) in [6.45, 7) is 3.97. The highest BCUT2D eigenvalue weighted by molar-refractivity contribution is 5.99. The van der Waals surface area contributed by atoms with Crippen LogP contribution in [0.3, 0.4) is 0 Å². The van der Waals surface area contributed by atoms with Crippen molar-refractivity contribution in [3.8, 4) is 0 Å². The van der Waals surface area contributed by atoms with E-state index in [1.165, 1.54) is 7.05 Å². The van der Waals surface area contributed by atoms with Gasteiger partial charge in [-0.1, -0.05) is 12.1 Å². The number of rotatable bonds is 2. The third-order valence-corrected chi connectivity index (χ3v) is 2.22. The Morgan fingerprint density at radius 3 is 2.29 bits per heavy atom. The van der Waals surface area contributed by atoms with Crippen LogP contribution in [-0.2, 0) is 16.6 Å². The van der Waals surface area contributed by atoms with E-state index in [9.17, 15) is 4.79 Å². The Kier molecular flexibility index (Phi) is 14.9. The van der Waals surface area contributed by atoms with Crippen LogP contribution in [0.2, 0.25) is 0 Å². The first kappa shape index (κ1) is 23.6. The minimum Gasteiger partial charge on any atom is -0.388 e. The molecule has 0 saturated heterocycles. The van der Waals surface area contributed by atoms with E-state index in [4.69, 9.17) is 4.79 Å². The smallest absolute Gasteiger partial charge is 0.324 e. The maximum Gasteiger partial charge on any atom is 0.324 e. The fourth-order valence-electron chi connectivity index (χ4n) is 1.48. The van der Waals surface area contributed by atoms with Crippen LogP contribution in [0.25, 0.3) is 0 Å². The van der Waals surface area contributed by atoms with Crippen LogP contribution in [0.15, 0.2) is 36.8 Å². The van der Waals surface area contributed by atoms with Gasteiger partial charge in [0, 0.05) is 33.2 Å². The number of anilines is 2. The summed E-state index contributed by atoms with van der Waals surface area (Å²) in [5, 5.41) is 5.39. The van der Waals surface area contributed by atoms with Gasteiger partial charge in [-0.3, -0.25) is 5.32 Å². The molecule has 1 heterocycles. The second-order valence-corrected chi connectivity index (χ2v) is 4.28. The fraction of sp³-hybridized carbons (Fsp3) is 0.312. The molecule has 1 aromatic heterocycles. The number of benzene rings is 1. The molecule has 2 amide bonds. The summed E-state index contributed by atoms with van der Waals surface area (Å²) in [4.78, 5) is 23.6. The van der Waals surface area contributed by atoms with Crippen molar-refractivity contribution in [2.45, 2.75) is 6.92 Å². The number of amides is 2. The lowest BCUT2D eigenvalue weighted by Gasteiger charge is -2.05. The van der Waals surface area contributed by atoms with E-state index in [1.54, 1.807) is 31.3 Å². The lowest BCUT2D eigenvalue weighted by atomic mass is 10.2. The van der Waals surface area contributed by atoms with Crippen LogP contribution in [0.5, 0.6) is 0 Å². The largest absolute Gasteiger partial charge is 0.388 e. The Bertz CT molecular complexity index is 572. The molecule has 2 aromatic rings. The molecule has 0 unspecified atom stereocenters. The standard InChI is InChI=1S/C12H14N4O.C2H6O.CH5N.CH2O/c1-9-4-3-5-10(6-9)14-12(17)15-11-7-16(2)8-13-11;1-3-2;2*1-2/h3-8H,1-2H3,(H2,14,15,17);1-2H3;2H2,1H3;1H2. The molecule has 0 spiro atoms. The molecule has 0 bridgehead atoms. The van der Waals surface area contributed by atoms with E-state index >= 15 is 0 Å².